The second-order valence-electron chi connectivity index (χ2n) is 8.58. The molecule has 2 heteroatoms. The third-order valence-electron chi connectivity index (χ3n) is 6.02. The van der Waals surface area contributed by atoms with E-state index in [4.69, 9.17) is 0 Å². The summed E-state index contributed by atoms with van der Waals surface area (Å²) in [6.45, 7) is 9.75. The van der Waals surface area contributed by atoms with Crippen LogP contribution >= 0.6 is 0 Å². The van der Waals surface area contributed by atoms with E-state index in [1.54, 1.807) is 0 Å². The first-order chi connectivity index (χ1) is 8.90. The van der Waals surface area contributed by atoms with E-state index in [-0.39, 0.29) is 6.10 Å². The molecule has 2 nitrogen and oxygen atoms in total. The van der Waals surface area contributed by atoms with Gasteiger partial charge < -0.3 is 5.11 Å². The van der Waals surface area contributed by atoms with Gasteiger partial charge in [0, 0.05) is 12.6 Å². The molecule has 3 fully saturated rings. The Balaban J connectivity index is 1.74. The van der Waals surface area contributed by atoms with E-state index < -0.39 is 0 Å². The van der Waals surface area contributed by atoms with Gasteiger partial charge >= 0.3 is 0 Å². The van der Waals surface area contributed by atoms with Crippen molar-refractivity contribution < 1.29 is 5.11 Å². The van der Waals surface area contributed by atoms with Gasteiger partial charge in [0.05, 0.1) is 6.10 Å². The number of piperidine rings is 1. The number of nitrogens with zero attached hydrogens (tertiary/aromatic N) is 1. The molecular weight excluding hydrogens is 234 g/mol. The van der Waals surface area contributed by atoms with E-state index in [1.165, 1.54) is 45.2 Å². The number of hydrogen-bond acceptors (Lipinski definition) is 2. The summed E-state index contributed by atoms with van der Waals surface area (Å²) in [6.07, 6.45) is 8.93. The van der Waals surface area contributed by atoms with E-state index >= 15 is 0 Å². The number of hydrogen-bond donors (Lipinski definition) is 1. The largest absolute Gasteiger partial charge is 0.393 e. The van der Waals surface area contributed by atoms with Crippen molar-refractivity contribution in [2.24, 2.45) is 16.7 Å². The molecule has 1 saturated heterocycles. The molecule has 0 aromatic rings. The smallest absolute Gasteiger partial charge is 0.0555 e. The summed E-state index contributed by atoms with van der Waals surface area (Å²) < 4.78 is 0. The molecule has 0 aromatic carbocycles. The van der Waals surface area contributed by atoms with Crippen molar-refractivity contribution in [3.8, 4) is 0 Å². The van der Waals surface area contributed by atoms with Gasteiger partial charge in [-0.2, -0.15) is 0 Å². The topological polar surface area (TPSA) is 23.5 Å². The average molecular weight is 265 g/mol. The second kappa shape index (κ2) is 4.73. The fourth-order valence-electron chi connectivity index (χ4n) is 4.65. The highest BCUT2D eigenvalue weighted by Gasteiger charge is 2.49. The Bertz CT molecular complexity index is 329. The Labute approximate surface area is 118 Å². The molecule has 1 spiro atoms. The maximum absolute atomic E-state index is 10.1. The molecular formula is C17H31NO. The zero-order valence-electron chi connectivity index (χ0n) is 13.0. The van der Waals surface area contributed by atoms with Crippen LogP contribution in [0.1, 0.15) is 65.7 Å². The van der Waals surface area contributed by atoms with Crippen molar-refractivity contribution in [1.82, 2.24) is 4.90 Å². The van der Waals surface area contributed by atoms with Crippen LogP contribution < -0.4 is 0 Å². The number of rotatable bonds is 1. The van der Waals surface area contributed by atoms with Crippen LogP contribution in [0.3, 0.4) is 0 Å². The standard InChI is InChI=1S/C17H31NO/c1-16(2,3)14-6-5-13(19)11-15(14)18-10-4-7-17(12-18)8-9-17/h13-15,19H,4-12H2,1-3H3. The predicted octanol–water partition coefficient (Wildman–Crippen LogP) is 3.44. The van der Waals surface area contributed by atoms with Gasteiger partial charge in [-0.25, -0.2) is 0 Å². The first-order valence-electron chi connectivity index (χ1n) is 8.32. The molecule has 2 saturated carbocycles. The molecule has 3 atom stereocenters. The third-order valence-corrected chi connectivity index (χ3v) is 6.02. The quantitative estimate of drug-likeness (QED) is 0.785. The zero-order chi connectivity index (χ0) is 13.7. The molecule has 3 rings (SSSR count). The van der Waals surface area contributed by atoms with Crippen molar-refractivity contribution in [3.05, 3.63) is 0 Å². The van der Waals surface area contributed by atoms with Gasteiger partial charge in [-0.15, -0.1) is 0 Å². The normalized spacial score (nSPS) is 39.5. The molecule has 110 valence electrons. The average Bonchev–Trinajstić information content (AvgIpc) is 3.07. The van der Waals surface area contributed by atoms with Crippen LogP contribution in [0, 0.1) is 16.7 Å². The van der Waals surface area contributed by atoms with E-state index in [2.05, 4.69) is 25.7 Å². The van der Waals surface area contributed by atoms with Gasteiger partial charge in [-0.05, 0) is 68.2 Å². The van der Waals surface area contributed by atoms with E-state index in [9.17, 15) is 5.11 Å². The van der Waals surface area contributed by atoms with E-state index in [1.807, 2.05) is 0 Å². The van der Waals surface area contributed by atoms with Crippen LogP contribution in [0.5, 0.6) is 0 Å². The van der Waals surface area contributed by atoms with Gasteiger partial charge in [-0.3, -0.25) is 4.90 Å². The lowest BCUT2D eigenvalue weighted by Crippen LogP contribution is -2.53. The fourth-order valence-corrected chi connectivity index (χ4v) is 4.65. The van der Waals surface area contributed by atoms with Crippen molar-refractivity contribution in [2.45, 2.75) is 77.9 Å². The first-order valence-corrected chi connectivity index (χ1v) is 8.32. The van der Waals surface area contributed by atoms with Gasteiger partial charge in [-0.1, -0.05) is 20.8 Å². The lowest BCUT2D eigenvalue weighted by atomic mass is 9.68. The lowest BCUT2D eigenvalue weighted by molar-refractivity contribution is -0.0290. The number of likely N-dealkylation sites (tertiary alicyclic amines) is 1. The zero-order valence-corrected chi connectivity index (χ0v) is 13.0. The Hall–Kier alpha value is -0.0800. The number of aliphatic hydroxyl groups excluding tert-OH is 1. The van der Waals surface area contributed by atoms with Crippen molar-refractivity contribution in [3.63, 3.8) is 0 Å². The predicted molar refractivity (Wildman–Crippen MR) is 79.1 cm³/mol. The molecule has 0 amide bonds. The highest BCUT2D eigenvalue weighted by Crippen LogP contribution is 2.53. The summed E-state index contributed by atoms with van der Waals surface area (Å²) in [5, 5.41) is 10.1. The molecule has 0 aromatic heterocycles. The molecule has 1 N–H and O–H groups in total. The SMILES string of the molecule is CC(C)(C)C1CCC(O)CC1N1CCCC2(CC2)C1. The second-order valence-corrected chi connectivity index (χ2v) is 8.58. The number of aliphatic hydroxyl groups is 1. The summed E-state index contributed by atoms with van der Waals surface area (Å²) in [5.74, 6) is 0.754. The van der Waals surface area contributed by atoms with Crippen molar-refractivity contribution >= 4 is 0 Å². The molecule has 0 radical (unpaired) electrons. The molecule has 1 heterocycles. The fraction of sp³-hybridized carbons (Fsp3) is 1.00. The molecule has 0 bridgehead atoms. The molecule has 3 aliphatic rings. The Morgan fingerprint density at radius 1 is 1.11 bits per heavy atom. The maximum atomic E-state index is 10.1. The Morgan fingerprint density at radius 2 is 1.84 bits per heavy atom. The van der Waals surface area contributed by atoms with E-state index in [0.29, 0.717) is 16.9 Å². The third kappa shape index (κ3) is 2.85. The highest BCUT2D eigenvalue weighted by atomic mass is 16.3. The van der Waals surface area contributed by atoms with Crippen LogP contribution in [0.15, 0.2) is 0 Å². The molecule has 19 heavy (non-hydrogen) atoms. The minimum absolute atomic E-state index is 0.0549. The monoisotopic (exact) mass is 265 g/mol. The summed E-state index contributed by atoms with van der Waals surface area (Å²) in [5.41, 5.74) is 1.07. The molecule has 3 unspecified atom stereocenters. The molecule has 2 aliphatic carbocycles. The maximum Gasteiger partial charge on any atom is 0.0555 e. The van der Waals surface area contributed by atoms with Crippen molar-refractivity contribution in [1.29, 1.82) is 0 Å². The highest BCUT2D eigenvalue weighted by molar-refractivity contribution is 5.01. The Morgan fingerprint density at radius 3 is 2.47 bits per heavy atom. The van der Waals surface area contributed by atoms with E-state index in [0.717, 1.165) is 18.8 Å². The minimum Gasteiger partial charge on any atom is -0.393 e. The van der Waals surface area contributed by atoms with Gasteiger partial charge in [0.15, 0.2) is 0 Å². The first kappa shape index (κ1) is 13.9. The lowest BCUT2D eigenvalue weighted by Gasteiger charge is -2.49. The van der Waals surface area contributed by atoms with Gasteiger partial charge in [0.2, 0.25) is 0 Å². The van der Waals surface area contributed by atoms with Crippen LogP contribution in [-0.4, -0.2) is 35.2 Å². The van der Waals surface area contributed by atoms with Crippen LogP contribution in [0.2, 0.25) is 0 Å². The summed E-state index contributed by atoms with van der Waals surface area (Å²) in [7, 11) is 0. The van der Waals surface area contributed by atoms with Gasteiger partial charge in [0.25, 0.3) is 0 Å². The summed E-state index contributed by atoms with van der Waals surface area (Å²) >= 11 is 0. The van der Waals surface area contributed by atoms with Crippen LogP contribution in [0.25, 0.3) is 0 Å². The van der Waals surface area contributed by atoms with Crippen LogP contribution in [0.4, 0.5) is 0 Å². The van der Waals surface area contributed by atoms with Crippen LogP contribution in [-0.2, 0) is 0 Å². The Kier molecular flexibility index (Phi) is 3.46. The van der Waals surface area contributed by atoms with Crippen molar-refractivity contribution in [2.75, 3.05) is 13.1 Å². The summed E-state index contributed by atoms with van der Waals surface area (Å²) in [6, 6.07) is 0.626. The molecule has 1 aliphatic heterocycles. The summed E-state index contributed by atoms with van der Waals surface area (Å²) in [4.78, 5) is 2.76. The minimum atomic E-state index is -0.0549. The van der Waals surface area contributed by atoms with Gasteiger partial charge in [0.1, 0.15) is 0 Å².